The minimum absolute atomic E-state index is 0.0639. The van der Waals surface area contributed by atoms with Gasteiger partial charge in [0, 0.05) is 0 Å². The van der Waals surface area contributed by atoms with Crippen molar-refractivity contribution in [3.8, 4) is 0 Å². The van der Waals surface area contributed by atoms with Gasteiger partial charge in [-0.05, 0) is 62.2 Å². The molecule has 3 aliphatic rings. The quantitative estimate of drug-likeness (QED) is 0.489. The Morgan fingerprint density at radius 1 is 0.444 bits per heavy atom. The molecule has 3 rings (SSSR count). The Balaban J connectivity index is 1.60. The number of hydrogen-bond donors (Lipinski definition) is 1. The topological polar surface area (TPSA) is 20.2 Å². The summed E-state index contributed by atoms with van der Waals surface area (Å²) >= 11 is 0. The highest BCUT2D eigenvalue weighted by Crippen LogP contribution is 2.43. The molecule has 3 aliphatic carbocycles. The van der Waals surface area contributed by atoms with E-state index in [1.54, 1.807) is 0 Å². The lowest BCUT2D eigenvalue weighted by Gasteiger charge is -2.34. The third-order valence-corrected chi connectivity index (χ3v) is 8.22. The zero-order valence-corrected chi connectivity index (χ0v) is 17.7. The van der Waals surface area contributed by atoms with Gasteiger partial charge in [0.2, 0.25) is 0 Å². The molecule has 0 aromatic carbocycles. The van der Waals surface area contributed by atoms with Crippen LogP contribution in [0.4, 0.5) is 4.39 Å². The maximum atomic E-state index is 14.7. The fourth-order valence-corrected chi connectivity index (χ4v) is 6.56. The largest absolute Gasteiger partial charge is 0.393 e. The average molecular weight is 381 g/mol. The Morgan fingerprint density at radius 2 is 0.963 bits per heavy atom. The summed E-state index contributed by atoms with van der Waals surface area (Å²) in [7, 11) is 0. The highest BCUT2D eigenvalue weighted by molar-refractivity contribution is 4.85. The average Bonchev–Trinajstić information content (AvgIpc) is 2.84. The van der Waals surface area contributed by atoms with Crippen LogP contribution in [0.1, 0.15) is 122 Å². The summed E-state index contributed by atoms with van der Waals surface area (Å²) in [5, 5.41) is 9.95. The van der Waals surface area contributed by atoms with Gasteiger partial charge in [-0.3, -0.25) is 0 Å². The van der Waals surface area contributed by atoms with Crippen molar-refractivity contribution >= 4 is 0 Å². The molecule has 2 heteroatoms. The molecule has 0 aromatic rings. The standard InChI is InChI=1S/C25H45FO/c26-24-17-16-22(20-12-8-14-25(27)15-9-13-20)18-23(19-24)21-10-6-4-2-1-3-5-7-11-21/h20-25,27H,1-19H2. The van der Waals surface area contributed by atoms with E-state index in [-0.39, 0.29) is 6.10 Å². The first-order valence-corrected chi connectivity index (χ1v) is 12.5. The maximum absolute atomic E-state index is 14.7. The van der Waals surface area contributed by atoms with Gasteiger partial charge in [-0.25, -0.2) is 4.39 Å². The molecule has 3 unspecified atom stereocenters. The van der Waals surface area contributed by atoms with E-state index in [1.165, 1.54) is 89.9 Å². The van der Waals surface area contributed by atoms with Gasteiger partial charge < -0.3 is 5.11 Å². The lowest BCUT2D eigenvalue weighted by Crippen LogP contribution is -2.24. The maximum Gasteiger partial charge on any atom is 0.100 e. The third kappa shape index (κ3) is 7.33. The third-order valence-electron chi connectivity index (χ3n) is 8.22. The summed E-state index contributed by atoms with van der Waals surface area (Å²) in [5.41, 5.74) is 0. The molecule has 3 fully saturated rings. The second kappa shape index (κ2) is 11.8. The molecule has 0 heterocycles. The highest BCUT2D eigenvalue weighted by Gasteiger charge is 2.34. The van der Waals surface area contributed by atoms with Gasteiger partial charge in [-0.2, -0.15) is 0 Å². The van der Waals surface area contributed by atoms with E-state index in [9.17, 15) is 9.50 Å². The molecule has 3 atom stereocenters. The Hall–Kier alpha value is -0.110. The zero-order chi connectivity index (χ0) is 18.9. The molecular formula is C25H45FO. The van der Waals surface area contributed by atoms with E-state index >= 15 is 0 Å². The van der Waals surface area contributed by atoms with E-state index < -0.39 is 6.17 Å². The van der Waals surface area contributed by atoms with E-state index in [2.05, 4.69) is 0 Å². The first-order chi connectivity index (χ1) is 13.2. The Morgan fingerprint density at radius 3 is 1.59 bits per heavy atom. The van der Waals surface area contributed by atoms with Crippen molar-refractivity contribution in [1.82, 2.24) is 0 Å². The minimum Gasteiger partial charge on any atom is -0.393 e. The smallest absolute Gasteiger partial charge is 0.100 e. The normalized spacial score (nSPS) is 39.1. The van der Waals surface area contributed by atoms with Gasteiger partial charge in [0.05, 0.1) is 6.10 Å². The van der Waals surface area contributed by atoms with Crippen molar-refractivity contribution in [1.29, 1.82) is 0 Å². The molecule has 1 nitrogen and oxygen atoms in total. The van der Waals surface area contributed by atoms with Crippen molar-refractivity contribution in [3.63, 3.8) is 0 Å². The van der Waals surface area contributed by atoms with Crippen LogP contribution in [0.5, 0.6) is 0 Å². The molecule has 0 saturated heterocycles. The van der Waals surface area contributed by atoms with Gasteiger partial charge >= 0.3 is 0 Å². The van der Waals surface area contributed by atoms with E-state index in [0.29, 0.717) is 5.92 Å². The first kappa shape index (κ1) is 21.6. The van der Waals surface area contributed by atoms with Crippen LogP contribution in [-0.4, -0.2) is 17.4 Å². The van der Waals surface area contributed by atoms with Crippen LogP contribution in [0.3, 0.4) is 0 Å². The molecule has 0 aromatic heterocycles. The van der Waals surface area contributed by atoms with Crippen molar-refractivity contribution in [2.24, 2.45) is 23.7 Å². The lowest BCUT2D eigenvalue weighted by molar-refractivity contribution is 0.116. The second-order valence-electron chi connectivity index (χ2n) is 10.3. The minimum atomic E-state index is -0.550. The predicted molar refractivity (Wildman–Crippen MR) is 113 cm³/mol. The van der Waals surface area contributed by atoms with Crippen LogP contribution in [0.15, 0.2) is 0 Å². The molecule has 0 amide bonds. The summed E-state index contributed by atoms with van der Waals surface area (Å²) in [6.45, 7) is 0. The summed E-state index contributed by atoms with van der Waals surface area (Å²) in [6.07, 6.45) is 22.9. The number of halogens is 1. The molecule has 0 aliphatic heterocycles. The van der Waals surface area contributed by atoms with E-state index in [0.717, 1.165) is 49.9 Å². The molecule has 0 bridgehead atoms. The fraction of sp³-hybridized carbons (Fsp3) is 1.00. The van der Waals surface area contributed by atoms with Crippen LogP contribution in [-0.2, 0) is 0 Å². The number of alkyl halides is 1. The van der Waals surface area contributed by atoms with Crippen LogP contribution in [0, 0.1) is 23.7 Å². The van der Waals surface area contributed by atoms with Crippen molar-refractivity contribution in [3.05, 3.63) is 0 Å². The molecular weight excluding hydrogens is 335 g/mol. The highest BCUT2D eigenvalue weighted by atomic mass is 19.1. The van der Waals surface area contributed by atoms with E-state index in [4.69, 9.17) is 0 Å². The second-order valence-corrected chi connectivity index (χ2v) is 10.3. The molecule has 0 radical (unpaired) electrons. The van der Waals surface area contributed by atoms with Crippen molar-refractivity contribution in [2.45, 2.75) is 134 Å². The van der Waals surface area contributed by atoms with Crippen molar-refractivity contribution in [2.75, 3.05) is 0 Å². The Kier molecular flexibility index (Phi) is 9.43. The summed E-state index contributed by atoms with van der Waals surface area (Å²) in [4.78, 5) is 0. The molecule has 158 valence electrons. The molecule has 3 saturated carbocycles. The van der Waals surface area contributed by atoms with Crippen LogP contribution >= 0.6 is 0 Å². The fourth-order valence-electron chi connectivity index (χ4n) is 6.56. The first-order valence-electron chi connectivity index (χ1n) is 12.5. The van der Waals surface area contributed by atoms with Crippen LogP contribution < -0.4 is 0 Å². The van der Waals surface area contributed by atoms with E-state index in [1.807, 2.05) is 0 Å². The SMILES string of the molecule is OC1CCCC(C2CCC(F)CC(C3CCCCCCCCC3)C2)CCC1. The monoisotopic (exact) mass is 380 g/mol. The van der Waals surface area contributed by atoms with Gasteiger partial charge in [0.15, 0.2) is 0 Å². The van der Waals surface area contributed by atoms with Gasteiger partial charge in [-0.1, -0.05) is 83.5 Å². The Labute approximate surface area is 167 Å². The number of rotatable bonds is 2. The number of hydrogen-bond acceptors (Lipinski definition) is 1. The Bertz CT molecular complexity index is 378. The van der Waals surface area contributed by atoms with Gasteiger partial charge in [-0.15, -0.1) is 0 Å². The summed E-state index contributed by atoms with van der Waals surface area (Å²) < 4.78 is 14.7. The number of aliphatic hydroxyl groups is 1. The lowest BCUT2D eigenvalue weighted by atomic mass is 9.72. The molecule has 0 spiro atoms. The summed E-state index contributed by atoms with van der Waals surface area (Å²) in [6, 6.07) is 0. The van der Waals surface area contributed by atoms with Crippen LogP contribution in [0.25, 0.3) is 0 Å². The molecule has 1 N–H and O–H groups in total. The van der Waals surface area contributed by atoms with Crippen molar-refractivity contribution < 1.29 is 9.50 Å². The summed E-state index contributed by atoms with van der Waals surface area (Å²) in [5.74, 6) is 2.98. The zero-order valence-electron chi connectivity index (χ0n) is 17.7. The van der Waals surface area contributed by atoms with Gasteiger partial charge in [0.1, 0.15) is 6.17 Å². The molecule has 27 heavy (non-hydrogen) atoms. The van der Waals surface area contributed by atoms with Crippen LogP contribution in [0.2, 0.25) is 0 Å². The van der Waals surface area contributed by atoms with Gasteiger partial charge in [0.25, 0.3) is 0 Å². The number of aliphatic hydroxyl groups excluding tert-OH is 1. The predicted octanol–water partition coefficient (Wildman–Crippen LogP) is 7.60.